The van der Waals surface area contributed by atoms with Gasteiger partial charge in [-0.05, 0) is 29.0 Å². The van der Waals surface area contributed by atoms with Gasteiger partial charge < -0.3 is 4.90 Å². The molecule has 25 heavy (non-hydrogen) atoms. The monoisotopic (exact) mass is 365 g/mol. The van der Waals surface area contributed by atoms with E-state index >= 15 is 0 Å². The lowest BCUT2D eigenvalue weighted by molar-refractivity contribution is 0.0728. The minimum absolute atomic E-state index is 0.0795. The third-order valence-corrected chi connectivity index (χ3v) is 6.35. The van der Waals surface area contributed by atoms with Crippen molar-refractivity contribution < 1.29 is 4.79 Å². The van der Waals surface area contributed by atoms with E-state index < -0.39 is 0 Å². The molecule has 0 bridgehead atoms. The number of aromatic nitrogens is 2. The molecule has 1 aliphatic heterocycles. The second-order valence-corrected chi connectivity index (χ2v) is 7.91. The molecule has 6 heteroatoms. The highest BCUT2D eigenvalue weighted by atomic mass is 32.1. The van der Waals surface area contributed by atoms with E-state index in [2.05, 4.69) is 29.2 Å². The number of hydrogen-bond acceptors (Lipinski definition) is 4. The zero-order valence-corrected chi connectivity index (χ0v) is 15.0. The molecule has 0 unspecified atom stereocenters. The van der Waals surface area contributed by atoms with Crippen LogP contribution in [-0.2, 0) is 13.0 Å². The smallest absolute Gasteiger partial charge is 0.272 e. The summed E-state index contributed by atoms with van der Waals surface area (Å²) in [4.78, 5) is 21.7. The summed E-state index contributed by atoms with van der Waals surface area (Å²) < 4.78 is 1.93. The first-order valence-electron chi connectivity index (χ1n) is 8.16. The van der Waals surface area contributed by atoms with Crippen LogP contribution in [0.5, 0.6) is 0 Å². The van der Waals surface area contributed by atoms with Crippen molar-refractivity contribution in [2.75, 3.05) is 6.54 Å². The van der Waals surface area contributed by atoms with Gasteiger partial charge in [0.15, 0.2) is 4.96 Å². The van der Waals surface area contributed by atoms with Crippen molar-refractivity contribution in [2.24, 2.45) is 0 Å². The summed E-state index contributed by atoms with van der Waals surface area (Å²) in [5.41, 5.74) is 4.23. The zero-order chi connectivity index (χ0) is 16.8. The number of rotatable bonds is 2. The molecule has 1 aliphatic rings. The Bertz CT molecular complexity index is 1060. The molecule has 0 saturated heterocycles. The van der Waals surface area contributed by atoms with Crippen LogP contribution < -0.4 is 0 Å². The first-order chi connectivity index (χ1) is 12.3. The van der Waals surface area contributed by atoms with Gasteiger partial charge in [-0.15, -0.1) is 22.7 Å². The fraction of sp³-hybridized carbons (Fsp3) is 0.158. The molecule has 5 rings (SSSR count). The fourth-order valence-electron chi connectivity index (χ4n) is 3.31. The van der Waals surface area contributed by atoms with Crippen molar-refractivity contribution >= 4 is 33.5 Å². The van der Waals surface area contributed by atoms with E-state index in [1.54, 1.807) is 11.3 Å². The van der Waals surface area contributed by atoms with Crippen LogP contribution in [0, 0.1) is 0 Å². The summed E-state index contributed by atoms with van der Waals surface area (Å²) in [5, 5.41) is 3.96. The summed E-state index contributed by atoms with van der Waals surface area (Å²) in [6.45, 7) is 1.44. The number of amides is 1. The van der Waals surface area contributed by atoms with Gasteiger partial charge >= 0.3 is 0 Å². The van der Waals surface area contributed by atoms with Gasteiger partial charge in [0.2, 0.25) is 0 Å². The van der Waals surface area contributed by atoms with Crippen molar-refractivity contribution in [3.05, 3.63) is 70.2 Å². The Labute approximate surface area is 153 Å². The number of carbonyl (C=O) groups excluding carboxylic acids is 1. The van der Waals surface area contributed by atoms with Crippen molar-refractivity contribution in [2.45, 2.75) is 13.0 Å². The highest BCUT2D eigenvalue weighted by molar-refractivity contribution is 7.15. The Morgan fingerprint density at radius 1 is 1.08 bits per heavy atom. The van der Waals surface area contributed by atoms with Gasteiger partial charge in [-0.1, -0.05) is 30.3 Å². The predicted octanol–water partition coefficient (Wildman–Crippen LogP) is 4.32. The fourth-order valence-corrected chi connectivity index (χ4v) is 4.84. The highest BCUT2D eigenvalue weighted by Crippen LogP contribution is 2.28. The lowest BCUT2D eigenvalue weighted by Crippen LogP contribution is -2.36. The molecule has 1 amide bonds. The maximum atomic E-state index is 13.1. The average Bonchev–Trinajstić information content (AvgIpc) is 3.36. The molecule has 4 nitrogen and oxygen atoms in total. The van der Waals surface area contributed by atoms with Crippen LogP contribution in [0.15, 0.2) is 53.4 Å². The Kier molecular flexibility index (Phi) is 3.46. The maximum Gasteiger partial charge on any atom is 0.272 e. The minimum atomic E-state index is 0.0795. The summed E-state index contributed by atoms with van der Waals surface area (Å²) >= 11 is 3.18. The molecule has 4 heterocycles. The second-order valence-electron chi connectivity index (χ2n) is 6.12. The number of benzene rings is 1. The third kappa shape index (κ3) is 2.49. The van der Waals surface area contributed by atoms with E-state index in [-0.39, 0.29) is 5.91 Å². The molecular formula is C19H15N3OS2. The van der Waals surface area contributed by atoms with Crippen molar-refractivity contribution in [3.8, 4) is 10.6 Å². The van der Waals surface area contributed by atoms with E-state index in [0.29, 0.717) is 12.2 Å². The molecule has 0 spiro atoms. The molecule has 0 N–H and O–H groups in total. The van der Waals surface area contributed by atoms with Gasteiger partial charge in [-0.25, -0.2) is 4.98 Å². The summed E-state index contributed by atoms with van der Waals surface area (Å²) in [7, 11) is 0. The van der Waals surface area contributed by atoms with Crippen molar-refractivity contribution in [1.82, 2.24) is 14.3 Å². The minimum Gasteiger partial charge on any atom is -0.333 e. The van der Waals surface area contributed by atoms with Crippen LogP contribution in [0.3, 0.4) is 0 Å². The largest absolute Gasteiger partial charge is 0.333 e. The number of thiophene rings is 1. The topological polar surface area (TPSA) is 37.6 Å². The van der Waals surface area contributed by atoms with Crippen molar-refractivity contribution in [1.29, 1.82) is 0 Å². The molecule has 0 atom stereocenters. The van der Waals surface area contributed by atoms with Gasteiger partial charge in [0.05, 0.1) is 4.88 Å². The van der Waals surface area contributed by atoms with Gasteiger partial charge in [0, 0.05) is 24.7 Å². The molecule has 0 aliphatic carbocycles. The standard InChI is InChI=1S/C19H15N3OS2/c23-18(21-8-7-13-4-1-2-5-14(13)10-21)16-12-25-19-20-15(11-22(16)19)17-6-3-9-24-17/h1-6,9,11-12H,7-8,10H2. The molecule has 0 fully saturated rings. The van der Waals surface area contributed by atoms with E-state index in [0.717, 1.165) is 28.5 Å². The molecule has 3 aromatic heterocycles. The average molecular weight is 365 g/mol. The van der Waals surface area contributed by atoms with E-state index in [4.69, 9.17) is 0 Å². The van der Waals surface area contributed by atoms with Gasteiger partial charge in [0.1, 0.15) is 11.4 Å². The molecular weight excluding hydrogens is 350 g/mol. The van der Waals surface area contributed by atoms with Crippen LogP contribution >= 0.6 is 22.7 Å². The van der Waals surface area contributed by atoms with Crippen molar-refractivity contribution in [3.63, 3.8) is 0 Å². The molecule has 4 aromatic rings. The lowest BCUT2D eigenvalue weighted by atomic mass is 10.00. The van der Waals surface area contributed by atoms with Gasteiger partial charge in [0.25, 0.3) is 5.91 Å². The summed E-state index contributed by atoms with van der Waals surface area (Å²) in [6, 6.07) is 12.5. The first-order valence-corrected chi connectivity index (χ1v) is 9.92. The molecule has 1 aromatic carbocycles. The molecule has 0 saturated carbocycles. The summed E-state index contributed by atoms with van der Waals surface area (Å²) in [6.07, 6.45) is 2.89. The van der Waals surface area contributed by atoms with Gasteiger partial charge in [-0.2, -0.15) is 0 Å². The zero-order valence-electron chi connectivity index (χ0n) is 13.4. The second kappa shape index (κ2) is 5.82. The molecule has 124 valence electrons. The van der Waals surface area contributed by atoms with Crippen LogP contribution in [0.25, 0.3) is 15.5 Å². The van der Waals surface area contributed by atoms with Gasteiger partial charge in [-0.3, -0.25) is 9.20 Å². The molecule has 0 radical (unpaired) electrons. The Hall–Kier alpha value is -2.44. The number of nitrogens with zero attached hydrogens (tertiary/aromatic N) is 3. The van der Waals surface area contributed by atoms with Crippen LogP contribution in [0.2, 0.25) is 0 Å². The van der Waals surface area contributed by atoms with Crippen LogP contribution in [-0.4, -0.2) is 26.7 Å². The van der Waals surface area contributed by atoms with E-state index in [1.807, 2.05) is 38.4 Å². The van der Waals surface area contributed by atoms with E-state index in [9.17, 15) is 4.79 Å². The first kappa shape index (κ1) is 14.9. The Balaban J connectivity index is 1.48. The normalized spacial score (nSPS) is 14.0. The van der Waals surface area contributed by atoms with E-state index in [1.165, 1.54) is 22.5 Å². The third-order valence-electron chi connectivity index (χ3n) is 4.62. The number of thiazole rings is 1. The maximum absolute atomic E-state index is 13.1. The quantitative estimate of drug-likeness (QED) is 0.530. The van der Waals surface area contributed by atoms with Crippen LogP contribution in [0.1, 0.15) is 21.6 Å². The number of hydrogen-bond donors (Lipinski definition) is 0. The van der Waals surface area contributed by atoms with Crippen LogP contribution in [0.4, 0.5) is 0 Å². The number of imidazole rings is 1. The summed E-state index contributed by atoms with van der Waals surface area (Å²) in [5.74, 6) is 0.0795. The Morgan fingerprint density at radius 3 is 2.80 bits per heavy atom. The number of carbonyl (C=O) groups is 1. The highest BCUT2D eigenvalue weighted by Gasteiger charge is 2.24. The Morgan fingerprint density at radius 2 is 1.96 bits per heavy atom. The lowest BCUT2D eigenvalue weighted by Gasteiger charge is -2.28. The number of fused-ring (bicyclic) bond motifs is 2. The SMILES string of the molecule is O=C(c1csc2nc(-c3cccs3)cn12)N1CCc2ccccc2C1. The predicted molar refractivity (Wildman–Crippen MR) is 101 cm³/mol.